The van der Waals surface area contributed by atoms with Crippen molar-refractivity contribution in [3.63, 3.8) is 0 Å². The number of halogens is 6. The molecule has 4 atom stereocenters. The lowest BCUT2D eigenvalue weighted by atomic mass is 9.89. The number of ether oxygens (including phenoxy) is 3. The van der Waals surface area contributed by atoms with Crippen LogP contribution < -0.4 is 5.73 Å². The zero-order valence-electron chi connectivity index (χ0n) is 22.5. The van der Waals surface area contributed by atoms with E-state index in [-0.39, 0.29) is 31.3 Å². The molecule has 0 aliphatic carbocycles. The normalized spacial score (nSPS) is 24.5. The van der Waals surface area contributed by atoms with Crippen LogP contribution in [0, 0.1) is 0 Å². The maximum Gasteiger partial charge on any atom is 0.416 e. The van der Waals surface area contributed by atoms with Crippen molar-refractivity contribution < 1.29 is 40.6 Å². The maximum atomic E-state index is 13.5. The summed E-state index contributed by atoms with van der Waals surface area (Å²) in [7, 11) is 1.56. The molecule has 1 unspecified atom stereocenters. The van der Waals surface area contributed by atoms with E-state index in [0.29, 0.717) is 37.4 Å². The van der Waals surface area contributed by atoms with Gasteiger partial charge in [-0.25, -0.2) is 0 Å². The summed E-state index contributed by atoms with van der Waals surface area (Å²) in [6, 6.07) is 9.96. The lowest BCUT2D eigenvalue weighted by molar-refractivity contribution is -0.227. The van der Waals surface area contributed by atoms with Gasteiger partial charge in [0.05, 0.1) is 35.6 Å². The predicted molar refractivity (Wildman–Crippen MR) is 137 cm³/mol. The molecule has 0 aromatic heterocycles. The molecule has 0 saturated carbocycles. The highest BCUT2D eigenvalue weighted by molar-refractivity contribution is 5.96. The third kappa shape index (κ3) is 7.12. The van der Waals surface area contributed by atoms with Crippen molar-refractivity contribution in [3.8, 4) is 0 Å². The largest absolute Gasteiger partial charge is 0.416 e. The molecule has 2 aliphatic rings. The van der Waals surface area contributed by atoms with Crippen LogP contribution in [-0.2, 0) is 26.6 Å². The van der Waals surface area contributed by atoms with E-state index in [4.69, 9.17) is 19.9 Å². The van der Waals surface area contributed by atoms with Gasteiger partial charge in [0, 0.05) is 39.8 Å². The number of rotatable bonds is 10. The van der Waals surface area contributed by atoms with Crippen LogP contribution in [0.5, 0.6) is 0 Å². The molecule has 2 N–H and O–H groups in total. The Hall–Kier alpha value is -2.91. The number of nitrogens with two attached hydrogens (primary N) is 1. The molecular weight excluding hydrogens is 556 g/mol. The molecule has 2 heterocycles. The van der Waals surface area contributed by atoms with Crippen molar-refractivity contribution in [1.29, 1.82) is 0 Å². The van der Waals surface area contributed by atoms with Gasteiger partial charge >= 0.3 is 12.4 Å². The number of hydrogen-bond acceptors (Lipinski definition) is 8. The Balaban J connectivity index is 1.64. The van der Waals surface area contributed by atoms with E-state index < -0.39 is 47.5 Å². The van der Waals surface area contributed by atoms with Gasteiger partial charge in [0.1, 0.15) is 5.54 Å². The lowest BCUT2D eigenvalue weighted by Gasteiger charge is -2.43. The first-order valence-corrected chi connectivity index (χ1v) is 12.9. The SMILES string of the molecule is COCCC1(CN)N=NN=C1CN1CCO[C@H](O[C@H](C)c2cc(C(F)(F)F)cc(C(F)(F)F)c2)[C@@H]1c1ccccc1. The van der Waals surface area contributed by atoms with Gasteiger partial charge in [-0.05, 0) is 41.5 Å². The molecule has 4 rings (SSSR count). The molecule has 8 nitrogen and oxygen atoms in total. The van der Waals surface area contributed by atoms with E-state index in [1.807, 2.05) is 35.2 Å². The van der Waals surface area contributed by atoms with Crippen LogP contribution in [0.4, 0.5) is 26.3 Å². The highest BCUT2D eigenvalue weighted by Crippen LogP contribution is 2.40. The van der Waals surface area contributed by atoms with Gasteiger partial charge in [0.25, 0.3) is 0 Å². The second kappa shape index (κ2) is 12.5. The molecule has 2 aromatic rings. The van der Waals surface area contributed by atoms with Crippen molar-refractivity contribution in [2.24, 2.45) is 21.2 Å². The van der Waals surface area contributed by atoms with Crippen molar-refractivity contribution in [2.45, 2.75) is 49.7 Å². The van der Waals surface area contributed by atoms with Crippen molar-refractivity contribution in [2.75, 3.05) is 40.0 Å². The Kier molecular flexibility index (Phi) is 9.49. The fraction of sp³-hybridized carbons (Fsp3) is 0.519. The van der Waals surface area contributed by atoms with E-state index in [2.05, 4.69) is 15.4 Å². The number of nitrogens with zero attached hydrogens (tertiary/aromatic N) is 4. The molecule has 0 amide bonds. The second-order valence-electron chi connectivity index (χ2n) is 9.90. The number of methoxy groups -OCH3 is 1. The third-order valence-electron chi connectivity index (χ3n) is 7.22. The first-order chi connectivity index (χ1) is 19.4. The van der Waals surface area contributed by atoms with Gasteiger partial charge in [-0.1, -0.05) is 30.3 Å². The molecule has 0 bridgehead atoms. The highest BCUT2D eigenvalue weighted by Gasteiger charge is 2.43. The lowest BCUT2D eigenvalue weighted by Crippen LogP contribution is -2.53. The summed E-state index contributed by atoms with van der Waals surface area (Å²) in [5.74, 6) is 0. The van der Waals surface area contributed by atoms with Crippen molar-refractivity contribution in [1.82, 2.24) is 4.90 Å². The first kappa shape index (κ1) is 31.0. The second-order valence-corrected chi connectivity index (χ2v) is 9.90. The Bertz CT molecular complexity index is 1210. The molecule has 1 fully saturated rings. The Morgan fingerprint density at radius 1 is 1.07 bits per heavy atom. The Labute approximate surface area is 233 Å². The van der Waals surface area contributed by atoms with Gasteiger partial charge in [0.15, 0.2) is 6.29 Å². The summed E-state index contributed by atoms with van der Waals surface area (Å²) in [5, 5.41) is 12.4. The number of benzene rings is 2. The monoisotopic (exact) mass is 587 g/mol. The molecule has 41 heavy (non-hydrogen) atoms. The molecule has 0 radical (unpaired) electrons. The standard InChI is InChI=1S/C27H31F6N5O3/c1-17(19-12-20(26(28,29)30)14-21(13-19)27(31,32)33)41-24-23(18-6-4-3-5-7-18)38(9-11-40-24)15-22-25(16-34,8-10-39-2)36-37-35-22/h3-7,12-14,17,23-24H,8-11,15-16,34H2,1-2H3/t17-,23+,24-,25?/m1/s1. The van der Waals surface area contributed by atoms with Gasteiger partial charge in [-0.3, -0.25) is 4.90 Å². The maximum absolute atomic E-state index is 13.5. The minimum absolute atomic E-state index is 0.0908. The number of morpholine rings is 1. The van der Waals surface area contributed by atoms with Crippen LogP contribution in [0.1, 0.15) is 47.7 Å². The smallest absolute Gasteiger partial charge is 0.385 e. The Morgan fingerprint density at radius 3 is 2.32 bits per heavy atom. The summed E-state index contributed by atoms with van der Waals surface area (Å²) in [6.45, 7) is 2.80. The average Bonchev–Trinajstić information content (AvgIpc) is 3.33. The van der Waals surface area contributed by atoms with E-state index >= 15 is 0 Å². The molecule has 2 aliphatic heterocycles. The molecule has 1 saturated heterocycles. The topological polar surface area (TPSA) is 94.0 Å². The predicted octanol–water partition coefficient (Wildman–Crippen LogP) is 5.76. The fourth-order valence-corrected chi connectivity index (χ4v) is 4.90. The molecule has 14 heteroatoms. The van der Waals surface area contributed by atoms with Gasteiger partial charge < -0.3 is 19.9 Å². The van der Waals surface area contributed by atoms with Gasteiger partial charge in [-0.15, -0.1) is 5.10 Å². The van der Waals surface area contributed by atoms with Crippen LogP contribution in [0.2, 0.25) is 0 Å². The van der Waals surface area contributed by atoms with Gasteiger partial charge in [0.2, 0.25) is 0 Å². The zero-order chi connectivity index (χ0) is 29.8. The van der Waals surface area contributed by atoms with Gasteiger partial charge in [-0.2, -0.15) is 31.5 Å². The molecule has 224 valence electrons. The van der Waals surface area contributed by atoms with E-state index in [0.717, 1.165) is 5.56 Å². The molecule has 0 spiro atoms. The quantitative estimate of drug-likeness (QED) is 0.357. The van der Waals surface area contributed by atoms with Crippen LogP contribution in [0.15, 0.2) is 64.0 Å². The zero-order valence-corrected chi connectivity index (χ0v) is 22.5. The fourth-order valence-electron chi connectivity index (χ4n) is 4.90. The summed E-state index contributed by atoms with van der Waals surface area (Å²) < 4.78 is 98.1. The van der Waals surface area contributed by atoms with E-state index in [1.165, 1.54) is 6.92 Å². The summed E-state index contributed by atoms with van der Waals surface area (Å²) >= 11 is 0. The van der Waals surface area contributed by atoms with Crippen LogP contribution in [-0.4, -0.2) is 62.4 Å². The van der Waals surface area contributed by atoms with E-state index in [1.54, 1.807) is 7.11 Å². The van der Waals surface area contributed by atoms with Crippen LogP contribution >= 0.6 is 0 Å². The number of hydrogen-bond donors (Lipinski definition) is 1. The summed E-state index contributed by atoms with van der Waals surface area (Å²) in [5.41, 5.74) is 3.50. The molecular formula is C27H31F6N5O3. The van der Waals surface area contributed by atoms with Crippen LogP contribution in [0.25, 0.3) is 0 Å². The Morgan fingerprint density at radius 2 is 1.73 bits per heavy atom. The third-order valence-corrected chi connectivity index (χ3v) is 7.22. The molecule has 2 aromatic carbocycles. The summed E-state index contributed by atoms with van der Waals surface area (Å²) in [4.78, 5) is 2.01. The minimum atomic E-state index is -4.98. The highest BCUT2D eigenvalue weighted by atomic mass is 19.4. The van der Waals surface area contributed by atoms with E-state index in [9.17, 15) is 26.3 Å². The van der Waals surface area contributed by atoms with Crippen LogP contribution in [0.3, 0.4) is 0 Å². The summed E-state index contributed by atoms with van der Waals surface area (Å²) in [6.07, 6.45) is -11.7. The average molecular weight is 588 g/mol. The van der Waals surface area contributed by atoms with Crippen molar-refractivity contribution in [3.05, 3.63) is 70.8 Å². The first-order valence-electron chi connectivity index (χ1n) is 12.9. The minimum Gasteiger partial charge on any atom is -0.385 e. The number of alkyl halides is 6. The van der Waals surface area contributed by atoms with Crippen molar-refractivity contribution >= 4 is 5.71 Å².